The van der Waals surface area contributed by atoms with Crippen LogP contribution >= 0.6 is 31.9 Å². The first-order valence-electron chi connectivity index (χ1n) is 5.89. The standard InChI is InChI=1S/C15H15Br2N/c16-14-6-4-11(5-7-14)8-13(10-18)12-2-1-3-15(17)9-12/h1-7,9,13H,8,10,18H2. The Morgan fingerprint density at radius 2 is 1.67 bits per heavy atom. The zero-order valence-corrected chi connectivity index (χ0v) is 13.1. The number of halogens is 2. The summed E-state index contributed by atoms with van der Waals surface area (Å²) in [5, 5.41) is 0. The van der Waals surface area contributed by atoms with Crippen LogP contribution in [0.2, 0.25) is 0 Å². The van der Waals surface area contributed by atoms with Crippen molar-refractivity contribution < 1.29 is 0 Å². The van der Waals surface area contributed by atoms with Crippen LogP contribution in [0.5, 0.6) is 0 Å². The Labute approximate surface area is 125 Å². The number of nitrogens with two attached hydrogens (primary N) is 1. The van der Waals surface area contributed by atoms with Gasteiger partial charge in [0.15, 0.2) is 0 Å². The maximum absolute atomic E-state index is 5.91. The van der Waals surface area contributed by atoms with Crippen LogP contribution in [0.25, 0.3) is 0 Å². The lowest BCUT2D eigenvalue weighted by Crippen LogP contribution is -2.15. The van der Waals surface area contributed by atoms with Crippen molar-refractivity contribution in [3.63, 3.8) is 0 Å². The zero-order chi connectivity index (χ0) is 13.0. The van der Waals surface area contributed by atoms with Gasteiger partial charge in [0.1, 0.15) is 0 Å². The van der Waals surface area contributed by atoms with E-state index in [1.807, 2.05) is 6.07 Å². The second-order valence-electron chi connectivity index (χ2n) is 4.32. The van der Waals surface area contributed by atoms with E-state index in [0.717, 1.165) is 15.4 Å². The summed E-state index contributed by atoms with van der Waals surface area (Å²) >= 11 is 6.96. The summed E-state index contributed by atoms with van der Waals surface area (Å²) in [6.07, 6.45) is 0.972. The highest BCUT2D eigenvalue weighted by Crippen LogP contribution is 2.23. The van der Waals surface area contributed by atoms with Crippen LogP contribution < -0.4 is 5.73 Å². The van der Waals surface area contributed by atoms with E-state index in [9.17, 15) is 0 Å². The minimum atomic E-state index is 0.365. The van der Waals surface area contributed by atoms with Gasteiger partial charge in [-0.25, -0.2) is 0 Å². The largest absolute Gasteiger partial charge is 0.330 e. The van der Waals surface area contributed by atoms with Crippen molar-refractivity contribution >= 4 is 31.9 Å². The van der Waals surface area contributed by atoms with Crippen molar-refractivity contribution in [3.05, 3.63) is 68.6 Å². The molecule has 0 aromatic heterocycles. The predicted molar refractivity (Wildman–Crippen MR) is 83.8 cm³/mol. The molecule has 1 atom stereocenters. The van der Waals surface area contributed by atoms with Gasteiger partial charge in [-0.3, -0.25) is 0 Å². The molecule has 2 aromatic rings. The molecule has 0 radical (unpaired) electrons. The van der Waals surface area contributed by atoms with Gasteiger partial charge in [-0.2, -0.15) is 0 Å². The Morgan fingerprint density at radius 3 is 2.28 bits per heavy atom. The third-order valence-corrected chi connectivity index (χ3v) is 4.02. The van der Waals surface area contributed by atoms with Gasteiger partial charge in [0.2, 0.25) is 0 Å². The second-order valence-corrected chi connectivity index (χ2v) is 6.15. The van der Waals surface area contributed by atoms with Crippen LogP contribution in [0.4, 0.5) is 0 Å². The molecule has 18 heavy (non-hydrogen) atoms. The maximum Gasteiger partial charge on any atom is 0.0178 e. The highest BCUT2D eigenvalue weighted by molar-refractivity contribution is 9.10. The summed E-state index contributed by atoms with van der Waals surface area (Å²) in [4.78, 5) is 0. The van der Waals surface area contributed by atoms with Gasteiger partial charge in [0.25, 0.3) is 0 Å². The average Bonchev–Trinajstić information content (AvgIpc) is 2.38. The Kier molecular flexibility index (Phi) is 4.98. The Balaban J connectivity index is 2.17. The summed E-state index contributed by atoms with van der Waals surface area (Å²) in [7, 11) is 0. The highest BCUT2D eigenvalue weighted by atomic mass is 79.9. The van der Waals surface area contributed by atoms with E-state index in [0.29, 0.717) is 12.5 Å². The van der Waals surface area contributed by atoms with Crippen molar-refractivity contribution in [1.82, 2.24) is 0 Å². The van der Waals surface area contributed by atoms with E-state index in [4.69, 9.17) is 5.73 Å². The molecule has 2 aromatic carbocycles. The molecule has 0 bridgehead atoms. The molecule has 0 saturated heterocycles. The highest BCUT2D eigenvalue weighted by Gasteiger charge is 2.10. The molecule has 1 unspecified atom stereocenters. The third kappa shape index (κ3) is 3.67. The van der Waals surface area contributed by atoms with Crippen molar-refractivity contribution in [3.8, 4) is 0 Å². The summed E-state index contributed by atoms with van der Waals surface area (Å²) in [6, 6.07) is 16.8. The first-order valence-corrected chi connectivity index (χ1v) is 7.47. The molecular weight excluding hydrogens is 354 g/mol. The quantitative estimate of drug-likeness (QED) is 0.844. The van der Waals surface area contributed by atoms with E-state index in [2.05, 4.69) is 74.3 Å². The van der Waals surface area contributed by atoms with Crippen LogP contribution in [0, 0.1) is 0 Å². The van der Waals surface area contributed by atoms with Crippen molar-refractivity contribution in [2.24, 2.45) is 5.73 Å². The lowest BCUT2D eigenvalue weighted by Gasteiger charge is -2.15. The summed E-state index contributed by atoms with van der Waals surface area (Å²) < 4.78 is 2.22. The van der Waals surface area contributed by atoms with Gasteiger partial charge in [-0.15, -0.1) is 0 Å². The number of hydrogen-bond acceptors (Lipinski definition) is 1. The molecule has 0 saturated carbocycles. The van der Waals surface area contributed by atoms with Crippen molar-refractivity contribution in [2.75, 3.05) is 6.54 Å². The van der Waals surface area contributed by atoms with E-state index in [-0.39, 0.29) is 0 Å². The topological polar surface area (TPSA) is 26.0 Å². The molecule has 1 nitrogen and oxygen atoms in total. The number of hydrogen-bond donors (Lipinski definition) is 1. The van der Waals surface area contributed by atoms with E-state index in [1.165, 1.54) is 11.1 Å². The Morgan fingerprint density at radius 1 is 0.944 bits per heavy atom. The van der Waals surface area contributed by atoms with Crippen molar-refractivity contribution in [2.45, 2.75) is 12.3 Å². The van der Waals surface area contributed by atoms with Crippen LogP contribution in [0.1, 0.15) is 17.0 Å². The molecule has 0 spiro atoms. The predicted octanol–water partition coefficient (Wildman–Crippen LogP) is 4.50. The van der Waals surface area contributed by atoms with Crippen LogP contribution in [0.3, 0.4) is 0 Å². The minimum absolute atomic E-state index is 0.365. The van der Waals surface area contributed by atoms with E-state index < -0.39 is 0 Å². The van der Waals surface area contributed by atoms with E-state index >= 15 is 0 Å². The average molecular weight is 369 g/mol. The van der Waals surface area contributed by atoms with E-state index in [1.54, 1.807) is 0 Å². The van der Waals surface area contributed by atoms with Gasteiger partial charge in [0, 0.05) is 14.9 Å². The summed E-state index contributed by atoms with van der Waals surface area (Å²) in [5.74, 6) is 0.365. The van der Waals surface area contributed by atoms with Crippen LogP contribution in [-0.2, 0) is 6.42 Å². The van der Waals surface area contributed by atoms with Gasteiger partial charge < -0.3 is 5.73 Å². The minimum Gasteiger partial charge on any atom is -0.330 e. The molecule has 3 heteroatoms. The Hall–Kier alpha value is -0.640. The first-order chi connectivity index (χ1) is 8.69. The van der Waals surface area contributed by atoms with Crippen LogP contribution in [-0.4, -0.2) is 6.54 Å². The lowest BCUT2D eigenvalue weighted by molar-refractivity contribution is 0.694. The lowest BCUT2D eigenvalue weighted by atomic mass is 9.92. The molecular formula is C15H15Br2N. The molecule has 2 rings (SSSR count). The molecule has 0 heterocycles. The molecule has 2 N–H and O–H groups in total. The Bertz CT molecular complexity index is 508. The van der Waals surface area contributed by atoms with Gasteiger partial charge in [-0.1, -0.05) is 56.1 Å². The molecule has 0 aliphatic carbocycles. The molecule has 0 fully saturated rings. The smallest absolute Gasteiger partial charge is 0.0178 e. The molecule has 94 valence electrons. The number of benzene rings is 2. The molecule has 0 amide bonds. The molecule has 0 aliphatic heterocycles. The first kappa shape index (κ1) is 13.8. The molecule has 0 aliphatic rings. The fraction of sp³-hybridized carbons (Fsp3) is 0.200. The third-order valence-electron chi connectivity index (χ3n) is 3.00. The summed E-state index contributed by atoms with van der Waals surface area (Å²) in [5.41, 5.74) is 8.51. The van der Waals surface area contributed by atoms with Gasteiger partial charge in [-0.05, 0) is 48.4 Å². The fourth-order valence-electron chi connectivity index (χ4n) is 2.00. The van der Waals surface area contributed by atoms with Gasteiger partial charge in [0.05, 0.1) is 0 Å². The summed E-state index contributed by atoms with van der Waals surface area (Å²) in [6.45, 7) is 0.659. The second kappa shape index (κ2) is 6.50. The fourth-order valence-corrected chi connectivity index (χ4v) is 2.68. The van der Waals surface area contributed by atoms with Gasteiger partial charge >= 0.3 is 0 Å². The SMILES string of the molecule is NCC(Cc1ccc(Br)cc1)c1cccc(Br)c1. The maximum atomic E-state index is 5.91. The van der Waals surface area contributed by atoms with Crippen LogP contribution in [0.15, 0.2) is 57.5 Å². The number of rotatable bonds is 4. The van der Waals surface area contributed by atoms with Crippen molar-refractivity contribution in [1.29, 1.82) is 0 Å². The monoisotopic (exact) mass is 367 g/mol. The normalized spacial score (nSPS) is 12.4. The zero-order valence-electron chi connectivity index (χ0n) is 9.94.